The Morgan fingerprint density at radius 3 is 1.86 bits per heavy atom. The van der Waals surface area contributed by atoms with Gasteiger partial charge in [-0.1, -0.05) is 36.4 Å². The van der Waals surface area contributed by atoms with E-state index in [1.165, 1.54) is 0 Å². The molecule has 0 heterocycles. The van der Waals surface area contributed by atoms with Crippen molar-refractivity contribution in [2.75, 3.05) is 5.01 Å². The zero-order valence-corrected chi connectivity index (χ0v) is 12.1. The van der Waals surface area contributed by atoms with Gasteiger partial charge in [0, 0.05) is 12.6 Å². The highest BCUT2D eigenvalue weighted by atomic mass is 16.1. The molecule has 108 valence electrons. The van der Waals surface area contributed by atoms with Gasteiger partial charge in [-0.25, -0.2) is 5.01 Å². The fourth-order valence-corrected chi connectivity index (χ4v) is 2.02. The number of anilines is 2. The van der Waals surface area contributed by atoms with Crippen molar-refractivity contribution in [3.63, 3.8) is 0 Å². The number of unbranched alkanes of at least 4 members (excludes halogenated alkanes) is 3. The minimum atomic E-state index is 0.634. The third kappa shape index (κ3) is 4.88. The Labute approximate surface area is 125 Å². The van der Waals surface area contributed by atoms with Crippen molar-refractivity contribution in [1.82, 2.24) is 0 Å². The van der Waals surface area contributed by atoms with E-state index < -0.39 is 0 Å². The number of rotatable bonds is 8. The molecule has 2 aromatic carbocycles. The van der Waals surface area contributed by atoms with Gasteiger partial charge in [0.15, 0.2) is 0 Å². The van der Waals surface area contributed by atoms with Gasteiger partial charge in [0.05, 0.1) is 11.4 Å². The Hall–Kier alpha value is -2.42. The standard InChI is InChI=1S/C18H20N2O/c21-16-10-2-1-9-15-19-20(17-11-5-3-6-12-17)18-13-7-4-8-14-18/h3-8,11-16H,1-2,9-10H2/b19-15+. The van der Waals surface area contributed by atoms with Crippen molar-refractivity contribution in [2.45, 2.75) is 25.7 Å². The second-order valence-corrected chi connectivity index (χ2v) is 4.73. The average molecular weight is 280 g/mol. The Morgan fingerprint density at radius 2 is 1.33 bits per heavy atom. The number of hydrogen-bond donors (Lipinski definition) is 0. The zero-order chi connectivity index (χ0) is 14.8. The maximum absolute atomic E-state index is 10.3. The molecule has 0 N–H and O–H groups in total. The number of aldehydes is 1. The molecule has 0 aromatic heterocycles. The first-order valence-electron chi connectivity index (χ1n) is 7.28. The van der Waals surface area contributed by atoms with Crippen LogP contribution in [0, 0.1) is 0 Å². The molecule has 2 aromatic rings. The van der Waals surface area contributed by atoms with Crippen LogP contribution in [0.25, 0.3) is 0 Å². The van der Waals surface area contributed by atoms with Gasteiger partial charge in [0.2, 0.25) is 0 Å². The summed E-state index contributed by atoms with van der Waals surface area (Å²) in [5.74, 6) is 0. The van der Waals surface area contributed by atoms with Crippen molar-refractivity contribution in [2.24, 2.45) is 5.10 Å². The monoisotopic (exact) mass is 280 g/mol. The molecule has 0 aliphatic heterocycles. The molecule has 0 radical (unpaired) electrons. The van der Waals surface area contributed by atoms with E-state index in [-0.39, 0.29) is 0 Å². The van der Waals surface area contributed by atoms with Crippen molar-refractivity contribution < 1.29 is 4.79 Å². The van der Waals surface area contributed by atoms with Gasteiger partial charge in [-0.05, 0) is 43.5 Å². The van der Waals surface area contributed by atoms with E-state index in [1.54, 1.807) is 0 Å². The van der Waals surface area contributed by atoms with Crippen LogP contribution in [0.1, 0.15) is 25.7 Å². The van der Waals surface area contributed by atoms with Gasteiger partial charge < -0.3 is 4.79 Å². The first-order valence-corrected chi connectivity index (χ1v) is 7.28. The summed E-state index contributed by atoms with van der Waals surface area (Å²) < 4.78 is 0. The quantitative estimate of drug-likeness (QED) is 0.307. The zero-order valence-electron chi connectivity index (χ0n) is 12.1. The van der Waals surface area contributed by atoms with Crippen LogP contribution in [-0.4, -0.2) is 12.5 Å². The minimum absolute atomic E-state index is 0.634. The summed E-state index contributed by atoms with van der Waals surface area (Å²) in [5.41, 5.74) is 2.07. The molecule has 3 heteroatoms. The molecular formula is C18H20N2O. The van der Waals surface area contributed by atoms with Crippen molar-refractivity contribution in [3.05, 3.63) is 60.7 Å². The molecule has 0 aliphatic rings. The molecule has 0 amide bonds. The van der Waals surface area contributed by atoms with Gasteiger partial charge in [-0.3, -0.25) is 0 Å². The molecular weight excluding hydrogens is 260 g/mol. The lowest BCUT2D eigenvalue weighted by Gasteiger charge is -2.19. The van der Waals surface area contributed by atoms with Crippen LogP contribution >= 0.6 is 0 Å². The largest absolute Gasteiger partial charge is 0.303 e. The number of carbonyl (C=O) groups is 1. The van der Waals surface area contributed by atoms with E-state index in [4.69, 9.17) is 0 Å². The van der Waals surface area contributed by atoms with Crippen LogP contribution in [0.5, 0.6) is 0 Å². The topological polar surface area (TPSA) is 32.7 Å². The Kier molecular flexibility index (Phi) is 6.20. The van der Waals surface area contributed by atoms with Gasteiger partial charge in [-0.2, -0.15) is 5.10 Å². The van der Waals surface area contributed by atoms with E-state index >= 15 is 0 Å². The summed E-state index contributed by atoms with van der Waals surface area (Å²) >= 11 is 0. The lowest BCUT2D eigenvalue weighted by atomic mass is 10.2. The number of para-hydroxylation sites is 2. The summed E-state index contributed by atoms with van der Waals surface area (Å²) in [7, 11) is 0. The average Bonchev–Trinajstić information content (AvgIpc) is 2.56. The predicted molar refractivity (Wildman–Crippen MR) is 88.0 cm³/mol. The SMILES string of the molecule is O=CCCCC/C=N/N(c1ccccc1)c1ccccc1. The summed E-state index contributed by atoms with van der Waals surface area (Å²) in [6.45, 7) is 0. The third-order valence-corrected chi connectivity index (χ3v) is 3.10. The van der Waals surface area contributed by atoms with Crippen molar-refractivity contribution >= 4 is 23.9 Å². The van der Waals surface area contributed by atoms with Crippen LogP contribution in [-0.2, 0) is 4.79 Å². The molecule has 0 bridgehead atoms. The summed E-state index contributed by atoms with van der Waals surface area (Å²) in [5, 5.41) is 6.51. The van der Waals surface area contributed by atoms with Crippen molar-refractivity contribution in [1.29, 1.82) is 0 Å². The van der Waals surface area contributed by atoms with E-state index in [0.29, 0.717) is 6.42 Å². The molecule has 0 unspecified atom stereocenters. The lowest BCUT2D eigenvalue weighted by molar-refractivity contribution is -0.107. The molecule has 21 heavy (non-hydrogen) atoms. The minimum Gasteiger partial charge on any atom is -0.303 e. The predicted octanol–water partition coefficient (Wildman–Crippen LogP) is 4.57. The second-order valence-electron chi connectivity index (χ2n) is 4.73. The molecule has 0 aliphatic carbocycles. The van der Waals surface area contributed by atoms with Crippen LogP contribution in [0.4, 0.5) is 11.4 Å². The number of benzene rings is 2. The number of nitrogens with zero attached hydrogens (tertiary/aromatic N) is 2. The fourth-order valence-electron chi connectivity index (χ4n) is 2.02. The smallest absolute Gasteiger partial charge is 0.119 e. The Morgan fingerprint density at radius 1 is 0.810 bits per heavy atom. The maximum atomic E-state index is 10.3. The highest BCUT2D eigenvalue weighted by molar-refractivity contribution is 5.67. The second kappa shape index (κ2) is 8.69. The van der Waals surface area contributed by atoms with Crippen LogP contribution in [0.3, 0.4) is 0 Å². The van der Waals surface area contributed by atoms with E-state index in [2.05, 4.69) is 5.10 Å². The highest BCUT2D eigenvalue weighted by Gasteiger charge is 2.05. The first-order chi connectivity index (χ1) is 10.4. The first kappa shape index (κ1) is 15.0. The summed E-state index contributed by atoms with van der Waals surface area (Å²) in [4.78, 5) is 10.3. The number of hydrogen-bond acceptors (Lipinski definition) is 3. The maximum Gasteiger partial charge on any atom is 0.119 e. The Bertz CT molecular complexity index is 512. The van der Waals surface area contributed by atoms with Crippen molar-refractivity contribution in [3.8, 4) is 0 Å². The van der Waals surface area contributed by atoms with E-state index in [1.807, 2.05) is 71.9 Å². The molecule has 0 fully saturated rings. The van der Waals surface area contributed by atoms with Gasteiger partial charge in [0.1, 0.15) is 6.29 Å². The number of hydrazone groups is 1. The molecule has 0 spiro atoms. The normalized spacial score (nSPS) is 10.7. The third-order valence-electron chi connectivity index (χ3n) is 3.10. The fraction of sp³-hybridized carbons (Fsp3) is 0.222. The van der Waals surface area contributed by atoms with E-state index in [0.717, 1.165) is 36.9 Å². The van der Waals surface area contributed by atoms with Gasteiger partial charge in [0.25, 0.3) is 0 Å². The van der Waals surface area contributed by atoms with Crippen LogP contribution in [0.2, 0.25) is 0 Å². The highest BCUT2D eigenvalue weighted by Crippen LogP contribution is 2.24. The molecule has 2 rings (SSSR count). The summed E-state index contributed by atoms with van der Waals surface area (Å²) in [6.07, 6.45) is 6.31. The molecule has 0 saturated heterocycles. The lowest BCUT2D eigenvalue weighted by Crippen LogP contribution is -2.08. The van der Waals surface area contributed by atoms with Crippen LogP contribution in [0.15, 0.2) is 65.8 Å². The van der Waals surface area contributed by atoms with Gasteiger partial charge >= 0.3 is 0 Å². The summed E-state index contributed by atoms with van der Waals surface area (Å²) in [6, 6.07) is 20.2. The Balaban J connectivity index is 2.07. The van der Waals surface area contributed by atoms with Crippen LogP contribution < -0.4 is 5.01 Å². The number of carbonyl (C=O) groups excluding carboxylic acids is 1. The molecule has 0 atom stereocenters. The molecule has 0 saturated carbocycles. The van der Waals surface area contributed by atoms with E-state index in [9.17, 15) is 4.79 Å². The molecule has 3 nitrogen and oxygen atoms in total. The van der Waals surface area contributed by atoms with Gasteiger partial charge in [-0.15, -0.1) is 0 Å².